The van der Waals surface area contributed by atoms with Gasteiger partial charge in [0, 0.05) is 23.8 Å². The molecule has 0 amide bonds. The summed E-state index contributed by atoms with van der Waals surface area (Å²) in [6.07, 6.45) is 1.80. The number of thiazole rings is 1. The molecule has 2 aromatic rings. The number of pyridine rings is 1. The third kappa shape index (κ3) is 2.77. The van der Waals surface area contributed by atoms with Gasteiger partial charge in [-0.25, -0.2) is 9.97 Å². The summed E-state index contributed by atoms with van der Waals surface area (Å²) in [6, 6.07) is 4.02. The van der Waals surface area contributed by atoms with Crippen LogP contribution < -0.4 is 5.73 Å². The van der Waals surface area contributed by atoms with E-state index in [1.54, 1.807) is 29.3 Å². The largest absolute Gasteiger partial charge is 0.326 e. The highest BCUT2D eigenvalue weighted by atomic mass is 32.2. The van der Waals surface area contributed by atoms with E-state index in [-0.39, 0.29) is 0 Å². The fourth-order valence-electron chi connectivity index (χ4n) is 1.23. The first kappa shape index (κ1) is 10.6. The molecule has 2 heterocycles. The fourth-order valence-corrected chi connectivity index (χ4v) is 2.89. The standard InChI is InChI=1S/C10H11N3S2/c1-7-4-8(6-11)5-9(13-7)15-10-12-2-3-14-10/h2-5H,6,11H2,1H3. The highest BCUT2D eigenvalue weighted by Crippen LogP contribution is 2.28. The van der Waals surface area contributed by atoms with E-state index in [1.165, 1.54) is 0 Å². The smallest absolute Gasteiger partial charge is 0.156 e. The van der Waals surface area contributed by atoms with Crippen LogP contribution in [0.1, 0.15) is 11.3 Å². The van der Waals surface area contributed by atoms with Gasteiger partial charge in [-0.05, 0) is 36.4 Å². The second-order valence-corrected chi connectivity index (χ2v) is 5.22. The van der Waals surface area contributed by atoms with Crippen LogP contribution in [0.2, 0.25) is 0 Å². The van der Waals surface area contributed by atoms with E-state index < -0.39 is 0 Å². The minimum Gasteiger partial charge on any atom is -0.326 e. The van der Waals surface area contributed by atoms with Gasteiger partial charge in [0.1, 0.15) is 5.03 Å². The van der Waals surface area contributed by atoms with Crippen molar-refractivity contribution in [2.24, 2.45) is 5.73 Å². The number of hydrogen-bond acceptors (Lipinski definition) is 5. The van der Waals surface area contributed by atoms with Gasteiger partial charge in [0.15, 0.2) is 4.34 Å². The Morgan fingerprint density at radius 1 is 1.47 bits per heavy atom. The Hall–Kier alpha value is -0.910. The average Bonchev–Trinajstić information content (AvgIpc) is 2.69. The van der Waals surface area contributed by atoms with Crippen molar-refractivity contribution in [2.45, 2.75) is 22.8 Å². The van der Waals surface area contributed by atoms with Crippen LogP contribution in [-0.2, 0) is 6.54 Å². The van der Waals surface area contributed by atoms with Gasteiger partial charge in [0.05, 0.1) is 0 Å². The lowest BCUT2D eigenvalue weighted by Crippen LogP contribution is -1.98. The molecule has 0 fully saturated rings. The lowest BCUT2D eigenvalue weighted by atomic mass is 10.2. The molecule has 0 spiro atoms. The summed E-state index contributed by atoms with van der Waals surface area (Å²) in [5.41, 5.74) is 7.72. The van der Waals surface area contributed by atoms with Gasteiger partial charge < -0.3 is 5.73 Å². The molecule has 5 heteroatoms. The lowest BCUT2D eigenvalue weighted by Gasteiger charge is -2.02. The topological polar surface area (TPSA) is 51.8 Å². The minimum absolute atomic E-state index is 0.550. The monoisotopic (exact) mass is 237 g/mol. The van der Waals surface area contributed by atoms with Crippen molar-refractivity contribution in [3.05, 3.63) is 35.0 Å². The number of nitrogens with zero attached hydrogens (tertiary/aromatic N) is 2. The Morgan fingerprint density at radius 3 is 3.00 bits per heavy atom. The number of aromatic nitrogens is 2. The number of hydrogen-bond donors (Lipinski definition) is 1. The first-order valence-corrected chi connectivity index (χ1v) is 6.22. The quantitative estimate of drug-likeness (QED) is 0.891. The van der Waals surface area contributed by atoms with Crippen molar-refractivity contribution in [3.8, 4) is 0 Å². The van der Waals surface area contributed by atoms with E-state index in [9.17, 15) is 0 Å². The molecule has 78 valence electrons. The highest BCUT2D eigenvalue weighted by molar-refractivity contribution is 8.00. The predicted molar refractivity (Wildman–Crippen MR) is 63.1 cm³/mol. The Morgan fingerprint density at radius 2 is 2.33 bits per heavy atom. The van der Waals surface area contributed by atoms with Crippen LogP contribution in [0.25, 0.3) is 0 Å². The van der Waals surface area contributed by atoms with E-state index in [0.717, 1.165) is 20.6 Å². The maximum absolute atomic E-state index is 5.61. The molecule has 0 atom stereocenters. The molecule has 0 bridgehead atoms. The summed E-state index contributed by atoms with van der Waals surface area (Å²) in [5.74, 6) is 0. The summed E-state index contributed by atoms with van der Waals surface area (Å²) in [7, 11) is 0. The average molecular weight is 237 g/mol. The van der Waals surface area contributed by atoms with Gasteiger partial charge in [-0.1, -0.05) is 0 Å². The Bertz CT molecular complexity index is 440. The first-order valence-electron chi connectivity index (χ1n) is 4.53. The van der Waals surface area contributed by atoms with Crippen molar-refractivity contribution in [1.29, 1.82) is 0 Å². The van der Waals surface area contributed by atoms with E-state index in [0.29, 0.717) is 6.54 Å². The number of nitrogens with two attached hydrogens (primary N) is 1. The maximum Gasteiger partial charge on any atom is 0.156 e. The molecule has 0 aliphatic heterocycles. The third-order valence-corrected chi connectivity index (χ3v) is 3.63. The van der Waals surface area contributed by atoms with Crippen LogP contribution in [-0.4, -0.2) is 9.97 Å². The Kier molecular flexibility index (Phi) is 3.35. The number of rotatable bonds is 3. The molecule has 0 radical (unpaired) electrons. The van der Waals surface area contributed by atoms with Gasteiger partial charge in [0.25, 0.3) is 0 Å². The predicted octanol–water partition coefficient (Wildman–Crippen LogP) is 2.46. The third-order valence-electron chi connectivity index (χ3n) is 1.83. The minimum atomic E-state index is 0.550. The zero-order chi connectivity index (χ0) is 10.7. The molecule has 2 aromatic heterocycles. The zero-order valence-electron chi connectivity index (χ0n) is 8.30. The summed E-state index contributed by atoms with van der Waals surface area (Å²) in [4.78, 5) is 8.64. The molecule has 2 rings (SSSR count). The molecular formula is C10H11N3S2. The van der Waals surface area contributed by atoms with E-state index in [4.69, 9.17) is 5.73 Å². The molecule has 2 N–H and O–H groups in total. The number of aryl methyl sites for hydroxylation is 1. The van der Waals surface area contributed by atoms with Crippen LogP contribution in [0.4, 0.5) is 0 Å². The first-order chi connectivity index (χ1) is 7.28. The summed E-state index contributed by atoms with van der Waals surface area (Å²) < 4.78 is 1.01. The van der Waals surface area contributed by atoms with Crippen molar-refractivity contribution in [1.82, 2.24) is 9.97 Å². The van der Waals surface area contributed by atoms with Gasteiger partial charge >= 0.3 is 0 Å². The zero-order valence-corrected chi connectivity index (χ0v) is 9.94. The molecule has 3 nitrogen and oxygen atoms in total. The summed E-state index contributed by atoms with van der Waals surface area (Å²) in [5, 5.41) is 2.92. The Labute approximate surface area is 96.8 Å². The van der Waals surface area contributed by atoms with Crippen LogP contribution in [0.5, 0.6) is 0 Å². The lowest BCUT2D eigenvalue weighted by molar-refractivity contribution is 0.986. The van der Waals surface area contributed by atoms with E-state index >= 15 is 0 Å². The van der Waals surface area contributed by atoms with Crippen LogP contribution in [0.15, 0.2) is 33.1 Å². The summed E-state index contributed by atoms with van der Waals surface area (Å²) in [6.45, 7) is 2.53. The van der Waals surface area contributed by atoms with E-state index in [1.807, 2.05) is 24.4 Å². The van der Waals surface area contributed by atoms with Crippen molar-refractivity contribution < 1.29 is 0 Å². The SMILES string of the molecule is Cc1cc(CN)cc(Sc2nccs2)n1. The highest BCUT2D eigenvalue weighted by Gasteiger charge is 2.03. The van der Waals surface area contributed by atoms with Gasteiger partial charge in [-0.15, -0.1) is 11.3 Å². The maximum atomic E-state index is 5.61. The normalized spacial score (nSPS) is 10.5. The Balaban J connectivity index is 2.24. The molecule has 0 aromatic carbocycles. The van der Waals surface area contributed by atoms with Crippen LogP contribution in [0.3, 0.4) is 0 Å². The van der Waals surface area contributed by atoms with Gasteiger partial charge in [-0.2, -0.15) is 0 Å². The van der Waals surface area contributed by atoms with E-state index in [2.05, 4.69) is 9.97 Å². The molecule has 0 saturated carbocycles. The second kappa shape index (κ2) is 4.74. The molecule has 0 aliphatic carbocycles. The molecule has 0 aliphatic rings. The fraction of sp³-hybridized carbons (Fsp3) is 0.200. The van der Waals surface area contributed by atoms with Crippen LogP contribution in [0, 0.1) is 6.92 Å². The van der Waals surface area contributed by atoms with Crippen LogP contribution >= 0.6 is 23.1 Å². The molecule has 0 saturated heterocycles. The van der Waals surface area contributed by atoms with Crippen molar-refractivity contribution in [2.75, 3.05) is 0 Å². The molecular weight excluding hydrogens is 226 g/mol. The van der Waals surface area contributed by atoms with Crippen molar-refractivity contribution in [3.63, 3.8) is 0 Å². The molecule has 15 heavy (non-hydrogen) atoms. The summed E-state index contributed by atoms with van der Waals surface area (Å²) >= 11 is 3.20. The molecule has 0 unspecified atom stereocenters. The second-order valence-electron chi connectivity index (χ2n) is 3.06. The van der Waals surface area contributed by atoms with Gasteiger partial charge in [0.2, 0.25) is 0 Å². The van der Waals surface area contributed by atoms with Gasteiger partial charge in [-0.3, -0.25) is 0 Å². The van der Waals surface area contributed by atoms with Crippen molar-refractivity contribution >= 4 is 23.1 Å².